The summed E-state index contributed by atoms with van der Waals surface area (Å²) in [6.45, 7) is 6.15. The molecule has 1 heterocycles. The zero-order valence-corrected chi connectivity index (χ0v) is 12.5. The zero-order chi connectivity index (χ0) is 15.0. The molecule has 5 nitrogen and oxygen atoms in total. The first-order valence-corrected chi connectivity index (χ1v) is 7.35. The average molecular weight is 277 g/mol. The van der Waals surface area contributed by atoms with Gasteiger partial charge in [-0.05, 0) is 51.9 Å². The number of urea groups is 1. The Bertz CT molecular complexity index is 456. The minimum atomic E-state index is -0.666. The summed E-state index contributed by atoms with van der Waals surface area (Å²) in [7, 11) is 0. The van der Waals surface area contributed by atoms with Gasteiger partial charge in [0.25, 0.3) is 5.91 Å². The molecular formula is C15H23N3O2. The number of carbonyl (C=O) groups is 2. The van der Waals surface area contributed by atoms with Gasteiger partial charge in [-0.25, -0.2) is 4.79 Å². The highest BCUT2D eigenvalue weighted by molar-refractivity contribution is 6.07. The maximum absolute atomic E-state index is 12.6. The highest BCUT2D eigenvalue weighted by Crippen LogP contribution is 2.36. The maximum Gasteiger partial charge on any atom is 0.325 e. The van der Waals surface area contributed by atoms with E-state index in [2.05, 4.69) is 18.3 Å². The standard InChI is InChI=1S/C15H23N3O2/c1-11-4-6-15(7-5-11)12(19)18(13(20)17-15)9-8-14(2,3)10-16/h11H,4-9H2,1-3H3,(H,17,20). The van der Waals surface area contributed by atoms with E-state index in [0.29, 0.717) is 18.9 Å². The van der Waals surface area contributed by atoms with Gasteiger partial charge in [0.1, 0.15) is 5.54 Å². The summed E-state index contributed by atoms with van der Waals surface area (Å²) in [5.74, 6) is 0.528. The molecule has 0 aromatic rings. The largest absolute Gasteiger partial charge is 0.325 e. The molecule has 1 aliphatic heterocycles. The van der Waals surface area contributed by atoms with Crippen molar-refractivity contribution in [1.82, 2.24) is 10.2 Å². The van der Waals surface area contributed by atoms with Crippen molar-refractivity contribution < 1.29 is 9.59 Å². The minimum absolute atomic E-state index is 0.0943. The summed E-state index contributed by atoms with van der Waals surface area (Å²) in [6, 6.07) is 1.91. The van der Waals surface area contributed by atoms with Crippen LogP contribution in [0, 0.1) is 22.7 Å². The third-order valence-corrected chi connectivity index (χ3v) is 4.64. The highest BCUT2D eigenvalue weighted by Gasteiger charge is 2.51. The van der Waals surface area contributed by atoms with Crippen LogP contribution in [0.1, 0.15) is 52.9 Å². The lowest BCUT2D eigenvalue weighted by atomic mass is 9.77. The summed E-state index contributed by atoms with van der Waals surface area (Å²) in [5.41, 5.74) is -1.18. The SMILES string of the molecule is CC1CCC2(CC1)NC(=O)N(CCC(C)(C)C#N)C2=O. The van der Waals surface area contributed by atoms with E-state index in [1.807, 2.05) is 13.8 Å². The molecule has 0 aromatic carbocycles. The van der Waals surface area contributed by atoms with Crippen LogP contribution in [0.3, 0.4) is 0 Å². The number of imide groups is 1. The van der Waals surface area contributed by atoms with Crippen molar-refractivity contribution in [2.75, 3.05) is 6.54 Å². The van der Waals surface area contributed by atoms with Crippen LogP contribution in [0.25, 0.3) is 0 Å². The number of carbonyl (C=O) groups excluding carboxylic acids is 2. The van der Waals surface area contributed by atoms with Crippen molar-refractivity contribution >= 4 is 11.9 Å². The first kappa shape index (κ1) is 14.8. The van der Waals surface area contributed by atoms with Gasteiger partial charge >= 0.3 is 6.03 Å². The number of hydrogen-bond acceptors (Lipinski definition) is 3. The van der Waals surface area contributed by atoms with E-state index in [1.54, 1.807) is 0 Å². The normalized spacial score (nSPS) is 30.5. The number of nitrogens with zero attached hydrogens (tertiary/aromatic N) is 2. The second-order valence-corrected chi connectivity index (χ2v) is 6.90. The number of nitriles is 1. The van der Waals surface area contributed by atoms with Gasteiger partial charge < -0.3 is 5.32 Å². The fraction of sp³-hybridized carbons (Fsp3) is 0.800. The molecule has 5 heteroatoms. The molecule has 1 spiro atoms. The van der Waals surface area contributed by atoms with Crippen molar-refractivity contribution in [2.45, 2.75) is 58.4 Å². The Morgan fingerprint density at radius 3 is 2.55 bits per heavy atom. The van der Waals surface area contributed by atoms with Gasteiger partial charge in [-0.1, -0.05) is 6.92 Å². The van der Waals surface area contributed by atoms with Gasteiger partial charge in [0.15, 0.2) is 0 Å². The number of nitrogens with one attached hydrogen (secondary N) is 1. The first-order chi connectivity index (χ1) is 9.30. The summed E-state index contributed by atoms with van der Waals surface area (Å²) in [5, 5.41) is 11.9. The highest BCUT2D eigenvalue weighted by atomic mass is 16.2. The predicted molar refractivity (Wildman–Crippen MR) is 74.6 cm³/mol. The van der Waals surface area contributed by atoms with E-state index in [1.165, 1.54) is 4.90 Å². The quantitative estimate of drug-likeness (QED) is 0.805. The molecule has 1 aliphatic carbocycles. The Morgan fingerprint density at radius 1 is 1.40 bits per heavy atom. The number of hydrogen-bond donors (Lipinski definition) is 1. The minimum Gasteiger partial charge on any atom is -0.323 e. The van der Waals surface area contributed by atoms with Crippen molar-refractivity contribution in [2.24, 2.45) is 11.3 Å². The Labute approximate surface area is 120 Å². The number of amides is 3. The van der Waals surface area contributed by atoms with Gasteiger partial charge in [-0.3, -0.25) is 9.69 Å². The van der Waals surface area contributed by atoms with Crippen LogP contribution in [0.15, 0.2) is 0 Å². The molecule has 0 unspecified atom stereocenters. The van der Waals surface area contributed by atoms with Crippen LogP contribution in [0.4, 0.5) is 4.79 Å². The van der Waals surface area contributed by atoms with E-state index in [-0.39, 0.29) is 11.9 Å². The molecule has 1 saturated heterocycles. The van der Waals surface area contributed by atoms with Gasteiger partial charge in [0.2, 0.25) is 0 Å². The van der Waals surface area contributed by atoms with E-state index in [4.69, 9.17) is 5.26 Å². The molecular weight excluding hydrogens is 254 g/mol. The lowest BCUT2D eigenvalue weighted by Crippen LogP contribution is -2.49. The molecule has 2 rings (SSSR count). The molecule has 2 fully saturated rings. The Hall–Kier alpha value is -1.57. The van der Waals surface area contributed by atoms with Crippen LogP contribution in [0.2, 0.25) is 0 Å². The molecule has 2 aliphatic rings. The lowest BCUT2D eigenvalue weighted by molar-refractivity contribution is -0.132. The molecule has 1 N–H and O–H groups in total. The van der Waals surface area contributed by atoms with Crippen LogP contribution >= 0.6 is 0 Å². The smallest absolute Gasteiger partial charge is 0.323 e. The summed E-state index contributed by atoms with van der Waals surface area (Å²) >= 11 is 0. The second kappa shape index (κ2) is 5.08. The second-order valence-electron chi connectivity index (χ2n) is 6.90. The van der Waals surface area contributed by atoms with Gasteiger partial charge in [0, 0.05) is 6.54 Å². The molecule has 20 heavy (non-hydrogen) atoms. The molecule has 0 bridgehead atoms. The van der Waals surface area contributed by atoms with Gasteiger partial charge in [-0.2, -0.15) is 5.26 Å². The third kappa shape index (κ3) is 2.65. The summed E-state index contributed by atoms with van der Waals surface area (Å²) in [4.78, 5) is 25.9. The molecule has 0 aromatic heterocycles. The molecule has 3 amide bonds. The van der Waals surface area contributed by atoms with E-state index < -0.39 is 11.0 Å². The molecule has 0 radical (unpaired) electrons. The topological polar surface area (TPSA) is 73.2 Å². The van der Waals surface area contributed by atoms with Gasteiger partial charge in [0.05, 0.1) is 11.5 Å². The fourth-order valence-electron chi connectivity index (χ4n) is 2.92. The monoisotopic (exact) mass is 277 g/mol. The molecule has 110 valence electrons. The van der Waals surface area contributed by atoms with Crippen LogP contribution in [-0.2, 0) is 4.79 Å². The maximum atomic E-state index is 12.6. The van der Waals surface area contributed by atoms with Crippen molar-refractivity contribution in [1.29, 1.82) is 5.26 Å². The molecule has 0 atom stereocenters. The Morgan fingerprint density at radius 2 is 2.00 bits per heavy atom. The Kier molecular flexibility index (Phi) is 3.77. The lowest BCUT2D eigenvalue weighted by Gasteiger charge is -2.33. The number of rotatable bonds is 3. The summed E-state index contributed by atoms with van der Waals surface area (Å²) < 4.78 is 0. The molecule has 1 saturated carbocycles. The summed E-state index contributed by atoms with van der Waals surface area (Å²) in [6.07, 6.45) is 3.93. The van der Waals surface area contributed by atoms with E-state index in [9.17, 15) is 9.59 Å². The van der Waals surface area contributed by atoms with E-state index >= 15 is 0 Å². The van der Waals surface area contributed by atoms with Crippen molar-refractivity contribution in [3.8, 4) is 6.07 Å². The van der Waals surface area contributed by atoms with Crippen LogP contribution in [-0.4, -0.2) is 28.9 Å². The predicted octanol–water partition coefficient (Wildman–Crippen LogP) is 2.43. The van der Waals surface area contributed by atoms with Crippen LogP contribution < -0.4 is 5.32 Å². The van der Waals surface area contributed by atoms with E-state index in [0.717, 1.165) is 25.7 Å². The zero-order valence-electron chi connectivity index (χ0n) is 12.5. The fourth-order valence-corrected chi connectivity index (χ4v) is 2.92. The Balaban J connectivity index is 2.04. The first-order valence-electron chi connectivity index (χ1n) is 7.35. The van der Waals surface area contributed by atoms with Gasteiger partial charge in [-0.15, -0.1) is 0 Å². The van der Waals surface area contributed by atoms with Crippen molar-refractivity contribution in [3.05, 3.63) is 0 Å². The average Bonchev–Trinajstić information content (AvgIpc) is 2.63. The third-order valence-electron chi connectivity index (χ3n) is 4.64. The van der Waals surface area contributed by atoms with Crippen LogP contribution in [0.5, 0.6) is 0 Å². The van der Waals surface area contributed by atoms with Crippen molar-refractivity contribution in [3.63, 3.8) is 0 Å².